The van der Waals surface area contributed by atoms with Crippen LogP contribution in [0.5, 0.6) is 11.5 Å². The molecule has 0 bridgehead atoms. The molecule has 0 spiro atoms. The molecule has 0 saturated heterocycles. The van der Waals surface area contributed by atoms with E-state index < -0.39 is 6.10 Å². The fraction of sp³-hybridized carbons (Fsp3) is 0.333. The Morgan fingerprint density at radius 3 is 2.82 bits per heavy atom. The molecule has 1 aliphatic heterocycles. The number of nitrogens with one attached hydrogen (secondary N) is 1. The Kier molecular flexibility index (Phi) is 6.41. The fourth-order valence-corrected chi connectivity index (χ4v) is 3.19. The van der Waals surface area contributed by atoms with E-state index in [-0.39, 0.29) is 25.0 Å². The van der Waals surface area contributed by atoms with Gasteiger partial charge in [0.15, 0.2) is 12.7 Å². The van der Waals surface area contributed by atoms with Crippen molar-refractivity contribution in [2.24, 2.45) is 0 Å². The van der Waals surface area contributed by atoms with E-state index in [2.05, 4.69) is 5.32 Å². The van der Waals surface area contributed by atoms with Crippen LogP contribution >= 0.6 is 11.6 Å². The van der Waals surface area contributed by atoms with Crippen molar-refractivity contribution in [1.29, 1.82) is 0 Å². The minimum Gasteiger partial charge on any atom is -0.483 e. The molecule has 0 aliphatic carbocycles. The lowest BCUT2D eigenvalue weighted by Gasteiger charge is -2.34. The summed E-state index contributed by atoms with van der Waals surface area (Å²) in [5.41, 5.74) is 1.47. The van der Waals surface area contributed by atoms with E-state index in [1.165, 1.54) is 0 Å². The topological polar surface area (TPSA) is 67.9 Å². The maximum atomic E-state index is 12.9. The minimum atomic E-state index is -0.761. The summed E-state index contributed by atoms with van der Waals surface area (Å²) in [5, 5.41) is 3.43. The fourth-order valence-electron chi connectivity index (χ4n) is 2.96. The van der Waals surface area contributed by atoms with Gasteiger partial charge in [-0.25, -0.2) is 0 Å². The number of fused-ring (bicyclic) bond motifs is 1. The van der Waals surface area contributed by atoms with Gasteiger partial charge in [-0.05, 0) is 49.2 Å². The van der Waals surface area contributed by atoms with Crippen LogP contribution in [0, 0.1) is 6.92 Å². The van der Waals surface area contributed by atoms with Crippen molar-refractivity contribution in [3.8, 4) is 11.5 Å². The van der Waals surface area contributed by atoms with Crippen LogP contribution in [-0.4, -0.2) is 37.6 Å². The minimum absolute atomic E-state index is 0.133. The molecule has 0 radical (unpaired) electrons. The molecule has 6 nitrogen and oxygen atoms in total. The molecular weight excluding hydrogens is 380 g/mol. The largest absolute Gasteiger partial charge is 0.483 e. The van der Waals surface area contributed by atoms with Crippen molar-refractivity contribution in [3.63, 3.8) is 0 Å². The molecule has 0 aromatic heterocycles. The molecule has 2 aromatic carbocycles. The first kappa shape index (κ1) is 20.0. The van der Waals surface area contributed by atoms with Crippen LogP contribution in [0.2, 0.25) is 5.02 Å². The van der Waals surface area contributed by atoms with E-state index in [1.807, 2.05) is 19.9 Å². The molecule has 0 fully saturated rings. The number of anilines is 1. The molecule has 0 saturated carbocycles. The predicted molar refractivity (Wildman–Crippen MR) is 108 cm³/mol. The number of nitrogens with zero attached hydrogens (tertiary/aromatic N) is 1. The van der Waals surface area contributed by atoms with Gasteiger partial charge in [0.05, 0.1) is 12.2 Å². The van der Waals surface area contributed by atoms with E-state index in [0.717, 1.165) is 12.0 Å². The van der Waals surface area contributed by atoms with Crippen molar-refractivity contribution in [2.45, 2.75) is 26.4 Å². The average Bonchev–Trinajstić information content (AvgIpc) is 2.70. The number of rotatable bonds is 6. The van der Waals surface area contributed by atoms with Gasteiger partial charge in [-0.2, -0.15) is 0 Å². The molecule has 1 aliphatic rings. The highest BCUT2D eigenvalue weighted by Gasteiger charge is 2.33. The number of aryl methyl sites for hydroxylation is 1. The van der Waals surface area contributed by atoms with E-state index in [1.54, 1.807) is 41.3 Å². The van der Waals surface area contributed by atoms with Gasteiger partial charge in [-0.1, -0.05) is 30.7 Å². The number of amides is 2. The summed E-state index contributed by atoms with van der Waals surface area (Å²) in [6.07, 6.45) is 0.0640. The Morgan fingerprint density at radius 1 is 1.29 bits per heavy atom. The second-order valence-corrected chi connectivity index (χ2v) is 7.00. The highest BCUT2D eigenvalue weighted by molar-refractivity contribution is 6.30. The zero-order chi connectivity index (χ0) is 20.1. The summed E-state index contributed by atoms with van der Waals surface area (Å²) in [6.45, 7) is 4.38. The Morgan fingerprint density at radius 2 is 2.07 bits per heavy atom. The zero-order valence-electron chi connectivity index (χ0n) is 15.9. The van der Waals surface area contributed by atoms with E-state index in [9.17, 15) is 9.59 Å². The summed E-state index contributed by atoms with van der Waals surface area (Å²) in [6, 6.07) is 12.4. The van der Waals surface area contributed by atoms with E-state index in [0.29, 0.717) is 28.8 Å². The SMILES string of the molecule is CCCNC(=O)[C@@H]1CN(C(=O)COc2ccc(Cl)cc2C)c2ccccc2O1. The monoisotopic (exact) mass is 402 g/mol. The molecule has 28 heavy (non-hydrogen) atoms. The second kappa shape index (κ2) is 8.97. The Balaban J connectivity index is 1.74. The maximum absolute atomic E-state index is 12.9. The number of para-hydroxylation sites is 2. The number of carbonyl (C=O) groups is 2. The Bertz CT molecular complexity index is 871. The third kappa shape index (κ3) is 4.57. The van der Waals surface area contributed by atoms with Crippen LogP contribution in [0.4, 0.5) is 5.69 Å². The number of halogens is 1. The lowest BCUT2D eigenvalue weighted by atomic mass is 10.1. The lowest BCUT2D eigenvalue weighted by Crippen LogP contribution is -2.51. The molecule has 1 atom stereocenters. The van der Waals surface area contributed by atoms with Gasteiger partial charge in [0.1, 0.15) is 11.5 Å². The number of ether oxygens (including phenoxy) is 2. The first-order valence-corrected chi connectivity index (χ1v) is 9.60. The van der Waals surface area contributed by atoms with Crippen molar-refractivity contribution in [3.05, 3.63) is 53.1 Å². The molecule has 2 aromatic rings. The van der Waals surface area contributed by atoms with Gasteiger partial charge in [0.2, 0.25) is 0 Å². The second-order valence-electron chi connectivity index (χ2n) is 6.57. The van der Waals surface area contributed by atoms with Crippen LogP contribution in [0.15, 0.2) is 42.5 Å². The predicted octanol–water partition coefficient (Wildman–Crippen LogP) is 3.35. The maximum Gasteiger partial charge on any atom is 0.265 e. The number of benzene rings is 2. The van der Waals surface area contributed by atoms with Crippen LogP contribution in [-0.2, 0) is 9.59 Å². The van der Waals surface area contributed by atoms with Crippen LogP contribution in [0.3, 0.4) is 0 Å². The molecule has 148 valence electrons. The molecule has 1 N–H and O–H groups in total. The first-order chi connectivity index (χ1) is 13.5. The number of hydrogen-bond donors (Lipinski definition) is 1. The standard InChI is InChI=1S/C21H23ClN2O4/c1-3-10-23-21(26)19-12-24(16-6-4-5-7-18(16)28-19)20(25)13-27-17-9-8-15(22)11-14(17)2/h4-9,11,19H,3,10,12-13H2,1-2H3,(H,23,26)/t19-/m0/s1. The molecular formula is C21H23ClN2O4. The van der Waals surface area contributed by atoms with Gasteiger partial charge in [0.25, 0.3) is 11.8 Å². The summed E-state index contributed by atoms with van der Waals surface area (Å²) in [7, 11) is 0. The number of carbonyl (C=O) groups excluding carboxylic acids is 2. The number of hydrogen-bond acceptors (Lipinski definition) is 4. The van der Waals surface area contributed by atoms with Gasteiger partial charge in [-0.15, -0.1) is 0 Å². The zero-order valence-corrected chi connectivity index (χ0v) is 16.7. The molecule has 0 unspecified atom stereocenters. The molecule has 2 amide bonds. The van der Waals surface area contributed by atoms with E-state index in [4.69, 9.17) is 21.1 Å². The summed E-state index contributed by atoms with van der Waals surface area (Å²) in [5.74, 6) is 0.611. The molecule has 3 rings (SSSR count). The third-order valence-electron chi connectivity index (χ3n) is 4.40. The smallest absolute Gasteiger partial charge is 0.265 e. The first-order valence-electron chi connectivity index (χ1n) is 9.22. The van der Waals surface area contributed by atoms with Gasteiger partial charge < -0.3 is 19.7 Å². The van der Waals surface area contributed by atoms with Crippen LogP contribution in [0.1, 0.15) is 18.9 Å². The summed E-state index contributed by atoms with van der Waals surface area (Å²) >= 11 is 5.96. The normalized spacial score (nSPS) is 15.4. The van der Waals surface area contributed by atoms with Crippen molar-refractivity contribution in [1.82, 2.24) is 5.32 Å². The van der Waals surface area contributed by atoms with Gasteiger partial charge in [0, 0.05) is 11.6 Å². The highest BCUT2D eigenvalue weighted by atomic mass is 35.5. The van der Waals surface area contributed by atoms with Gasteiger partial charge in [-0.3, -0.25) is 9.59 Å². The third-order valence-corrected chi connectivity index (χ3v) is 4.64. The van der Waals surface area contributed by atoms with Crippen molar-refractivity contribution < 1.29 is 19.1 Å². The molecule has 7 heteroatoms. The van der Waals surface area contributed by atoms with Crippen molar-refractivity contribution >= 4 is 29.1 Å². The highest BCUT2D eigenvalue weighted by Crippen LogP contribution is 2.33. The summed E-state index contributed by atoms with van der Waals surface area (Å²) in [4.78, 5) is 26.8. The van der Waals surface area contributed by atoms with Gasteiger partial charge >= 0.3 is 0 Å². The Labute approximate surface area is 169 Å². The summed E-state index contributed by atoms with van der Waals surface area (Å²) < 4.78 is 11.5. The average molecular weight is 403 g/mol. The quantitative estimate of drug-likeness (QED) is 0.804. The van der Waals surface area contributed by atoms with Crippen molar-refractivity contribution in [2.75, 3.05) is 24.6 Å². The van der Waals surface area contributed by atoms with E-state index >= 15 is 0 Å². The van der Waals surface area contributed by atoms with Crippen LogP contribution < -0.4 is 19.7 Å². The Hall–Kier alpha value is -2.73. The van der Waals surface area contributed by atoms with Crippen LogP contribution in [0.25, 0.3) is 0 Å². The molecule has 1 heterocycles. The lowest BCUT2D eigenvalue weighted by molar-refractivity contribution is -0.128.